The Morgan fingerprint density at radius 1 is 1.05 bits per heavy atom. The molecule has 1 heterocycles. The smallest absolute Gasteiger partial charge is 0.261 e. The van der Waals surface area contributed by atoms with Crippen molar-refractivity contribution in [3.8, 4) is 0 Å². The molecular weight excluding hydrogens is 284 g/mol. The predicted octanol–water partition coefficient (Wildman–Crippen LogP) is 3.07. The molecule has 4 nitrogen and oxygen atoms in total. The lowest BCUT2D eigenvalue weighted by Gasteiger charge is -2.11. The van der Waals surface area contributed by atoms with Crippen molar-refractivity contribution < 1.29 is 8.42 Å². The molecule has 0 radical (unpaired) electrons. The maximum absolute atomic E-state index is 12.5. The zero-order valence-corrected chi connectivity index (χ0v) is 12.9. The highest BCUT2D eigenvalue weighted by molar-refractivity contribution is 7.92. The van der Waals surface area contributed by atoms with Gasteiger partial charge in [-0.05, 0) is 61.2 Å². The molecule has 5 heteroatoms. The second-order valence-electron chi connectivity index (χ2n) is 5.40. The molecule has 1 aliphatic heterocycles. The predicted molar refractivity (Wildman–Crippen MR) is 85.4 cm³/mol. The third kappa shape index (κ3) is 2.74. The van der Waals surface area contributed by atoms with Gasteiger partial charge in [0, 0.05) is 17.9 Å². The summed E-state index contributed by atoms with van der Waals surface area (Å²) in [6.07, 6.45) is 0.945. The molecule has 0 saturated carbocycles. The molecule has 0 aromatic heterocycles. The molecule has 2 aromatic carbocycles. The largest absolute Gasteiger partial charge is 0.384 e. The van der Waals surface area contributed by atoms with Gasteiger partial charge in [-0.3, -0.25) is 4.72 Å². The molecule has 0 saturated heterocycles. The lowest BCUT2D eigenvalue weighted by Crippen LogP contribution is -2.13. The van der Waals surface area contributed by atoms with Crippen LogP contribution in [-0.4, -0.2) is 15.0 Å². The Labute approximate surface area is 125 Å². The molecule has 0 bridgehead atoms. The minimum absolute atomic E-state index is 0.286. The van der Waals surface area contributed by atoms with Crippen LogP contribution in [-0.2, 0) is 16.4 Å². The number of hydrogen-bond acceptors (Lipinski definition) is 3. The monoisotopic (exact) mass is 302 g/mol. The summed E-state index contributed by atoms with van der Waals surface area (Å²) in [7, 11) is -3.55. The third-order valence-electron chi connectivity index (χ3n) is 3.86. The Hall–Kier alpha value is -2.01. The van der Waals surface area contributed by atoms with E-state index in [1.807, 2.05) is 32.0 Å². The highest BCUT2D eigenvalue weighted by Gasteiger charge is 2.18. The molecule has 0 unspecified atom stereocenters. The first-order chi connectivity index (χ1) is 9.95. The molecule has 0 aliphatic carbocycles. The van der Waals surface area contributed by atoms with Crippen LogP contribution in [0.15, 0.2) is 41.3 Å². The summed E-state index contributed by atoms with van der Waals surface area (Å²) in [5.74, 6) is 0. The van der Waals surface area contributed by atoms with Crippen LogP contribution in [0.1, 0.15) is 16.7 Å². The van der Waals surface area contributed by atoms with Crippen LogP contribution < -0.4 is 10.0 Å². The van der Waals surface area contributed by atoms with Gasteiger partial charge >= 0.3 is 0 Å². The molecule has 3 rings (SSSR count). The average molecular weight is 302 g/mol. The van der Waals surface area contributed by atoms with Crippen LogP contribution in [0.2, 0.25) is 0 Å². The van der Waals surface area contributed by atoms with E-state index in [0.29, 0.717) is 5.69 Å². The quantitative estimate of drug-likeness (QED) is 0.916. The number of fused-ring (bicyclic) bond motifs is 1. The Kier molecular flexibility index (Phi) is 3.37. The number of nitrogens with one attached hydrogen (secondary N) is 2. The van der Waals surface area contributed by atoms with Crippen LogP contribution in [0.5, 0.6) is 0 Å². The third-order valence-corrected chi connectivity index (χ3v) is 5.24. The molecule has 0 fully saturated rings. The summed E-state index contributed by atoms with van der Waals surface area (Å²) in [5.41, 5.74) is 4.87. The molecule has 2 aromatic rings. The highest BCUT2D eigenvalue weighted by atomic mass is 32.2. The number of sulfonamides is 1. The van der Waals surface area contributed by atoms with Gasteiger partial charge in [-0.2, -0.15) is 0 Å². The summed E-state index contributed by atoms with van der Waals surface area (Å²) in [6, 6.07) is 10.8. The van der Waals surface area contributed by atoms with Gasteiger partial charge in [0.2, 0.25) is 0 Å². The fourth-order valence-electron chi connectivity index (χ4n) is 2.46. The standard InChI is InChI=1S/C16H18N2O2S/c1-11-3-5-14(9-12(11)2)18-21(19,20)15-6-4-13-7-8-17-16(13)10-15/h3-6,9-10,17-18H,7-8H2,1-2H3. The van der Waals surface area contributed by atoms with E-state index in [4.69, 9.17) is 0 Å². The maximum atomic E-state index is 12.5. The van der Waals surface area contributed by atoms with E-state index in [-0.39, 0.29) is 4.90 Å². The van der Waals surface area contributed by atoms with Crippen LogP contribution in [0.4, 0.5) is 11.4 Å². The second-order valence-corrected chi connectivity index (χ2v) is 7.08. The van der Waals surface area contributed by atoms with Gasteiger partial charge in [-0.1, -0.05) is 12.1 Å². The van der Waals surface area contributed by atoms with Crippen LogP contribution in [0, 0.1) is 13.8 Å². The lowest BCUT2D eigenvalue weighted by atomic mass is 10.1. The van der Waals surface area contributed by atoms with E-state index in [1.165, 1.54) is 5.56 Å². The molecule has 110 valence electrons. The van der Waals surface area contributed by atoms with Gasteiger partial charge in [0.15, 0.2) is 0 Å². The fraction of sp³-hybridized carbons (Fsp3) is 0.250. The molecule has 21 heavy (non-hydrogen) atoms. The Morgan fingerprint density at radius 2 is 1.86 bits per heavy atom. The van der Waals surface area contributed by atoms with Crippen LogP contribution in [0.25, 0.3) is 0 Å². The van der Waals surface area contributed by atoms with E-state index in [9.17, 15) is 8.42 Å². The molecule has 0 amide bonds. The number of benzene rings is 2. The summed E-state index contributed by atoms with van der Waals surface area (Å²) in [4.78, 5) is 0.286. The zero-order chi connectivity index (χ0) is 15.0. The van der Waals surface area contributed by atoms with E-state index >= 15 is 0 Å². The van der Waals surface area contributed by atoms with E-state index < -0.39 is 10.0 Å². The van der Waals surface area contributed by atoms with Gasteiger partial charge in [-0.15, -0.1) is 0 Å². The Bertz CT molecular complexity index is 798. The number of aryl methyl sites for hydroxylation is 2. The van der Waals surface area contributed by atoms with Crippen molar-refractivity contribution >= 4 is 21.4 Å². The summed E-state index contributed by atoms with van der Waals surface area (Å²) in [6.45, 7) is 4.83. The number of rotatable bonds is 3. The fourth-order valence-corrected chi connectivity index (χ4v) is 3.53. The summed E-state index contributed by atoms with van der Waals surface area (Å²) < 4.78 is 27.6. The molecule has 0 atom stereocenters. The maximum Gasteiger partial charge on any atom is 0.261 e. The Morgan fingerprint density at radius 3 is 2.62 bits per heavy atom. The average Bonchev–Trinajstić information content (AvgIpc) is 2.90. The van der Waals surface area contributed by atoms with Crippen molar-refractivity contribution in [2.45, 2.75) is 25.2 Å². The first-order valence-electron chi connectivity index (χ1n) is 6.92. The van der Waals surface area contributed by atoms with Crippen molar-refractivity contribution in [1.29, 1.82) is 0 Å². The SMILES string of the molecule is Cc1ccc(NS(=O)(=O)c2ccc3c(c2)NCC3)cc1C. The van der Waals surface area contributed by atoms with E-state index in [1.54, 1.807) is 18.2 Å². The van der Waals surface area contributed by atoms with Crippen molar-refractivity contribution in [3.05, 3.63) is 53.1 Å². The van der Waals surface area contributed by atoms with E-state index in [0.717, 1.165) is 29.8 Å². The van der Waals surface area contributed by atoms with Crippen LogP contribution >= 0.6 is 0 Å². The zero-order valence-electron chi connectivity index (χ0n) is 12.1. The van der Waals surface area contributed by atoms with Gasteiger partial charge in [-0.25, -0.2) is 8.42 Å². The van der Waals surface area contributed by atoms with E-state index in [2.05, 4.69) is 10.0 Å². The van der Waals surface area contributed by atoms with Gasteiger partial charge < -0.3 is 5.32 Å². The molecule has 0 spiro atoms. The van der Waals surface area contributed by atoms with Crippen molar-refractivity contribution in [2.75, 3.05) is 16.6 Å². The Balaban J connectivity index is 1.91. The van der Waals surface area contributed by atoms with Crippen molar-refractivity contribution in [2.24, 2.45) is 0 Å². The first kappa shape index (κ1) is 13.9. The summed E-state index contributed by atoms with van der Waals surface area (Å²) >= 11 is 0. The normalized spacial score (nSPS) is 13.6. The van der Waals surface area contributed by atoms with Crippen molar-refractivity contribution in [1.82, 2.24) is 0 Å². The topological polar surface area (TPSA) is 58.2 Å². The second kappa shape index (κ2) is 5.07. The van der Waals surface area contributed by atoms with Gasteiger partial charge in [0.05, 0.1) is 4.90 Å². The number of anilines is 2. The van der Waals surface area contributed by atoms with Gasteiger partial charge in [0.1, 0.15) is 0 Å². The molecule has 2 N–H and O–H groups in total. The van der Waals surface area contributed by atoms with Crippen molar-refractivity contribution in [3.63, 3.8) is 0 Å². The molecule has 1 aliphatic rings. The molecular formula is C16H18N2O2S. The first-order valence-corrected chi connectivity index (χ1v) is 8.41. The minimum Gasteiger partial charge on any atom is -0.384 e. The summed E-state index contributed by atoms with van der Waals surface area (Å²) in [5, 5.41) is 3.20. The minimum atomic E-state index is -3.55. The van der Waals surface area contributed by atoms with Crippen LogP contribution in [0.3, 0.4) is 0 Å². The number of hydrogen-bond donors (Lipinski definition) is 2. The lowest BCUT2D eigenvalue weighted by molar-refractivity contribution is 0.601. The van der Waals surface area contributed by atoms with Gasteiger partial charge in [0.25, 0.3) is 10.0 Å². The highest BCUT2D eigenvalue weighted by Crippen LogP contribution is 2.26.